The molecule has 2 aliphatic carbocycles. The number of hydrogen-bond acceptors (Lipinski definition) is 3. The summed E-state index contributed by atoms with van der Waals surface area (Å²) < 4.78 is 4.41. The van der Waals surface area contributed by atoms with Crippen molar-refractivity contribution >= 4 is 12.0 Å². The van der Waals surface area contributed by atoms with Crippen LogP contribution in [0.5, 0.6) is 0 Å². The highest BCUT2D eigenvalue weighted by atomic mass is 16.6. The van der Waals surface area contributed by atoms with E-state index < -0.39 is 6.09 Å². The second-order valence-electron chi connectivity index (χ2n) is 3.27. The lowest BCUT2D eigenvalue weighted by Crippen LogP contribution is -2.28. The Labute approximate surface area is 87.4 Å². The van der Waals surface area contributed by atoms with Crippen LogP contribution >= 0.6 is 0 Å². The molecular formula is C11H11NO3. The van der Waals surface area contributed by atoms with E-state index in [4.69, 9.17) is 0 Å². The van der Waals surface area contributed by atoms with Gasteiger partial charge in [-0.05, 0) is 24.1 Å². The summed E-state index contributed by atoms with van der Waals surface area (Å²) in [6, 6.07) is 8.48. The van der Waals surface area contributed by atoms with Crippen molar-refractivity contribution in [1.82, 2.24) is 4.90 Å². The standard InChI is InChI=1S/C6H4.C5H7NO3/c1-2-5-4-6(5)3-1;1-2-6-4(7)3-9-5(6)8/h1-4H;2-3H2,1H3. The monoisotopic (exact) mass is 205 g/mol. The lowest BCUT2D eigenvalue weighted by Gasteiger charge is -2.03. The number of rotatable bonds is 1. The first-order valence-electron chi connectivity index (χ1n) is 4.80. The molecule has 3 aliphatic rings. The van der Waals surface area contributed by atoms with Gasteiger partial charge in [0.1, 0.15) is 0 Å². The summed E-state index contributed by atoms with van der Waals surface area (Å²) >= 11 is 0. The topological polar surface area (TPSA) is 46.6 Å². The van der Waals surface area contributed by atoms with Gasteiger partial charge in [-0.25, -0.2) is 9.69 Å². The maximum absolute atomic E-state index is 10.6. The van der Waals surface area contributed by atoms with E-state index in [0.717, 1.165) is 4.90 Å². The molecule has 0 N–H and O–H groups in total. The highest BCUT2D eigenvalue weighted by Crippen LogP contribution is 2.32. The van der Waals surface area contributed by atoms with Crippen molar-refractivity contribution in [3.63, 3.8) is 0 Å². The van der Waals surface area contributed by atoms with E-state index in [0.29, 0.717) is 6.54 Å². The Morgan fingerprint density at radius 3 is 2.20 bits per heavy atom. The number of cyclic esters (lactones) is 1. The number of nitrogens with zero attached hydrogens (tertiary/aromatic N) is 1. The summed E-state index contributed by atoms with van der Waals surface area (Å²) in [5, 5.41) is 0. The molecule has 0 spiro atoms. The van der Waals surface area contributed by atoms with E-state index in [1.807, 2.05) is 0 Å². The molecule has 15 heavy (non-hydrogen) atoms. The fourth-order valence-electron chi connectivity index (χ4n) is 1.36. The molecule has 0 saturated carbocycles. The summed E-state index contributed by atoms with van der Waals surface area (Å²) in [4.78, 5) is 22.2. The summed E-state index contributed by atoms with van der Waals surface area (Å²) in [6.45, 7) is 2.04. The summed E-state index contributed by atoms with van der Waals surface area (Å²) in [6.07, 6.45) is -0.525. The first kappa shape index (κ1) is 9.71. The Balaban J connectivity index is 0.000000121. The molecular weight excluding hydrogens is 194 g/mol. The van der Waals surface area contributed by atoms with E-state index in [1.54, 1.807) is 6.92 Å². The van der Waals surface area contributed by atoms with Crippen molar-refractivity contribution in [2.24, 2.45) is 0 Å². The molecule has 0 bridgehead atoms. The first-order chi connectivity index (χ1) is 7.22. The van der Waals surface area contributed by atoms with Gasteiger partial charge < -0.3 is 4.74 Å². The fourth-order valence-corrected chi connectivity index (χ4v) is 1.36. The van der Waals surface area contributed by atoms with Gasteiger partial charge in [0.2, 0.25) is 0 Å². The molecule has 1 fully saturated rings. The third-order valence-corrected chi connectivity index (χ3v) is 2.27. The van der Waals surface area contributed by atoms with Crippen LogP contribution in [0.2, 0.25) is 0 Å². The van der Waals surface area contributed by atoms with Crippen LogP contribution < -0.4 is 0 Å². The smallest absolute Gasteiger partial charge is 0.417 e. The van der Waals surface area contributed by atoms with Gasteiger partial charge in [0, 0.05) is 6.54 Å². The Hall–Kier alpha value is -1.84. The number of likely N-dealkylation sites (N-methyl/N-ethyl adjacent to an activating group) is 1. The molecule has 4 heteroatoms. The quantitative estimate of drug-likeness (QED) is 0.711. The molecule has 0 atom stereocenters. The highest BCUT2D eigenvalue weighted by Gasteiger charge is 2.28. The Morgan fingerprint density at radius 2 is 2.00 bits per heavy atom. The van der Waals surface area contributed by atoms with Crippen LogP contribution in [0, 0.1) is 0 Å². The van der Waals surface area contributed by atoms with Gasteiger partial charge in [-0.3, -0.25) is 4.79 Å². The second-order valence-corrected chi connectivity index (χ2v) is 3.27. The number of amides is 2. The normalized spacial score (nSPS) is 15.7. The second kappa shape index (κ2) is 3.73. The number of imide groups is 1. The number of benzene rings is 1. The number of hydrogen-bond donors (Lipinski definition) is 0. The van der Waals surface area contributed by atoms with Gasteiger partial charge in [0.05, 0.1) is 0 Å². The fraction of sp³-hybridized carbons (Fsp3) is 0.273. The minimum absolute atomic E-state index is 0.0906. The van der Waals surface area contributed by atoms with E-state index in [2.05, 4.69) is 29.0 Å². The predicted octanol–water partition coefficient (Wildman–Crippen LogP) is 1.65. The number of fused-ring (bicyclic) bond motifs is 1. The largest absolute Gasteiger partial charge is 0.439 e. The maximum atomic E-state index is 10.6. The molecule has 0 radical (unpaired) electrons. The molecule has 2 amide bonds. The summed E-state index contributed by atoms with van der Waals surface area (Å²) in [5.41, 5.74) is 2.85. The van der Waals surface area contributed by atoms with Crippen molar-refractivity contribution in [3.05, 3.63) is 24.3 Å². The lowest BCUT2D eigenvalue weighted by atomic mass is 10.5. The molecule has 3 rings (SSSR count). The molecule has 1 saturated heterocycles. The van der Waals surface area contributed by atoms with E-state index in [-0.39, 0.29) is 12.5 Å². The van der Waals surface area contributed by atoms with E-state index in [9.17, 15) is 9.59 Å². The van der Waals surface area contributed by atoms with Crippen molar-refractivity contribution in [1.29, 1.82) is 0 Å². The Morgan fingerprint density at radius 1 is 1.33 bits per heavy atom. The van der Waals surface area contributed by atoms with Crippen LogP contribution in [0.15, 0.2) is 24.3 Å². The average Bonchev–Trinajstić information content (AvgIpc) is 2.68. The van der Waals surface area contributed by atoms with Crippen molar-refractivity contribution in [2.45, 2.75) is 6.92 Å². The van der Waals surface area contributed by atoms with Gasteiger partial charge in [-0.2, -0.15) is 0 Å². The predicted molar refractivity (Wildman–Crippen MR) is 54.2 cm³/mol. The van der Waals surface area contributed by atoms with Crippen LogP contribution in [0.3, 0.4) is 0 Å². The third-order valence-electron chi connectivity index (χ3n) is 2.27. The first-order valence-corrected chi connectivity index (χ1v) is 4.80. The van der Waals surface area contributed by atoms with Crippen molar-refractivity contribution < 1.29 is 14.3 Å². The van der Waals surface area contributed by atoms with Crippen LogP contribution in [-0.2, 0) is 9.53 Å². The molecule has 0 aromatic carbocycles. The zero-order valence-electron chi connectivity index (χ0n) is 8.40. The van der Waals surface area contributed by atoms with Gasteiger partial charge in [0.25, 0.3) is 5.91 Å². The Bertz CT molecular complexity index is 381. The molecule has 78 valence electrons. The maximum Gasteiger partial charge on any atom is 0.417 e. The number of carbonyl (C=O) groups excluding carboxylic acids is 2. The minimum atomic E-state index is -0.525. The molecule has 0 aromatic rings. The van der Waals surface area contributed by atoms with Crippen LogP contribution in [0.25, 0.3) is 11.1 Å². The molecule has 0 aromatic heterocycles. The van der Waals surface area contributed by atoms with Gasteiger partial charge >= 0.3 is 6.09 Å². The number of carbonyl (C=O) groups is 2. The summed E-state index contributed by atoms with van der Waals surface area (Å²) in [5.74, 6) is -0.248. The van der Waals surface area contributed by atoms with Gasteiger partial charge in [-0.1, -0.05) is 18.2 Å². The Kier molecular flexibility index (Phi) is 2.41. The van der Waals surface area contributed by atoms with Crippen LogP contribution in [-0.4, -0.2) is 30.1 Å². The zero-order chi connectivity index (χ0) is 10.8. The van der Waals surface area contributed by atoms with E-state index >= 15 is 0 Å². The summed E-state index contributed by atoms with van der Waals surface area (Å²) in [7, 11) is 0. The van der Waals surface area contributed by atoms with Crippen molar-refractivity contribution in [3.8, 4) is 11.1 Å². The molecule has 4 nitrogen and oxygen atoms in total. The van der Waals surface area contributed by atoms with Gasteiger partial charge in [0.15, 0.2) is 6.61 Å². The minimum Gasteiger partial charge on any atom is -0.439 e. The SMILES string of the molecule is CCN1C(=O)COC1=O.c1cc2cc-2c1. The highest BCUT2D eigenvalue weighted by molar-refractivity contribution is 5.97. The zero-order valence-corrected chi connectivity index (χ0v) is 8.40. The van der Waals surface area contributed by atoms with Gasteiger partial charge in [-0.15, -0.1) is 0 Å². The van der Waals surface area contributed by atoms with Crippen LogP contribution in [0.4, 0.5) is 4.79 Å². The number of ether oxygens (including phenoxy) is 1. The van der Waals surface area contributed by atoms with Crippen LogP contribution in [0.1, 0.15) is 6.92 Å². The average molecular weight is 205 g/mol. The molecule has 0 unspecified atom stereocenters. The molecule has 1 aliphatic heterocycles. The van der Waals surface area contributed by atoms with E-state index in [1.165, 1.54) is 11.1 Å². The molecule has 1 heterocycles. The lowest BCUT2D eigenvalue weighted by molar-refractivity contribution is -0.125. The van der Waals surface area contributed by atoms with Crippen molar-refractivity contribution in [2.75, 3.05) is 13.2 Å². The third kappa shape index (κ3) is 1.98.